The molecular formula is C16H17ClN2O3. The molecule has 0 heterocycles. The zero-order valence-corrected chi connectivity index (χ0v) is 13.3. The molecule has 1 N–H and O–H groups in total. The van der Waals surface area contributed by atoms with Crippen LogP contribution >= 0.6 is 11.6 Å². The van der Waals surface area contributed by atoms with Gasteiger partial charge < -0.3 is 19.7 Å². The summed E-state index contributed by atoms with van der Waals surface area (Å²) < 4.78 is 10.9. The molecule has 0 atom stereocenters. The maximum absolute atomic E-state index is 11.6. The Balaban J connectivity index is 2.10. The smallest absolute Gasteiger partial charge is 0.321 e. The number of urea groups is 1. The van der Waals surface area contributed by atoms with Gasteiger partial charge in [-0.15, -0.1) is 0 Å². The highest BCUT2D eigenvalue weighted by atomic mass is 35.5. The second-order valence-electron chi connectivity index (χ2n) is 4.75. The third-order valence-electron chi connectivity index (χ3n) is 2.88. The first-order valence-electron chi connectivity index (χ1n) is 6.59. The zero-order valence-electron chi connectivity index (χ0n) is 12.6. The van der Waals surface area contributed by atoms with E-state index in [0.717, 1.165) is 0 Å². The Kier molecular flexibility index (Phi) is 5.12. The predicted octanol–water partition coefficient (Wildman–Crippen LogP) is 4.23. The van der Waals surface area contributed by atoms with Gasteiger partial charge in [-0.1, -0.05) is 11.6 Å². The van der Waals surface area contributed by atoms with Crippen LogP contribution in [0.1, 0.15) is 0 Å². The number of carbonyl (C=O) groups is 1. The van der Waals surface area contributed by atoms with Crippen molar-refractivity contribution < 1.29 is 14.3 Å². The molecule has 0 spiro atoms. The highest BCUT2D eigenvalue weighted by molar-refractivity contribution is 6.32. The van der Waals surface area contributed by atoms with E-state index in [-0.39, 0.29) is 6.03 Å². The molecule has 0 aliphatic rings. The topological polar surface area (TPSA) is 50.8 Å². The maximum Gasteiger partial charge on any atom is 0.321 e. The molecule has 22 heavy (non-hydrogen) atoms. The Labute approximate surface area is 134 Å². The predicted molar refractivity (Wildman–Crippen MR) is 87.2 cm³/mol. The van der Waals surface area contributed by atoms with Crippen LogP contribution in [-0.4, -0.2) is 32.1 Å². The Bertz CT molecular complexity index is 657. The van der Waals surface area contributed by atoms with Crippen LogP contribution in [0.2, 0.25) is 5.02 Å². The lowest BCUT2D eigenvalue weighted by Gasteiger charge is -2.13. The van der Waals surface area contributed by atoms with Gasteiger partial charge in [0.1, 0.15) is 17.2 Å². The lowest BCUT2D eigenvalue weighted by Crippen LogP contribution is -2.27. The Morgan fingerprint density at radius 1 is 1.09 bits per heavy atom. The highest BCUT2D eigenvalue weighted by Crippen LogP contribution is 2.33. The van der Waals surface area contributed by atoms with E-state index in [0.29, 0.717) is 28.0 Å². The molecule has 116 valence electrons. The van der Waals surface area contributed by atoms with Crippen molar-refractivity contribution in [3.63, 3.8) is 0 Å². The van der Waals surface area contributed by atoms with Crippen LogP contribution in [-0.2, 0) is 0 Å². The average molecular weight is 321 g/mol. The molecule has 2 rings (SSSR count). The monoisotopic (exact) mass is 320 g/mol. The molecule has 2 aromatic rings. The summed E-state index contributed by atoms with van der Waals surface area (Å²) in [4.78, 5) is 13.0. The number of anilines is 1. The number of benzene rings is 2. The highest BCUT2D eigenvalue weighted by Gasteiger charge is 2.07. The van der Waals surface area contributed by atoms with Gasteiger partial charge in [0.2, 0.25) is 0 Å². The van der Waals surface area contributed by atoms with Gasteiger partial charge in [-0.25, -0.2) is 4.79 Å². The fourth-order valence-electron chi connectivity index (χ4n) is 1.66. The summed E-state index contributed by atoms with van der Waals surface area (Å²) in [6, 6.07) is 12.0. The Hall–Kier alpha value is -2.40. The minimum absolute atomic E-state index is 0.190. The summed E-state index contributed by atoms with van der Waals surface area (Å²) in [5, 5.41) is 3.24. The van der Waals surface area contributed by atoms with Gasteiger partial charge in [0.15, 0.2) is 0 Å². The number of hydrogen-bond acceptors (Lipinski definition) is 3. The molecule has 0 aromatic heterocycles. The van der Waals surface area contributed by atoms with Crippen molar-refractivity contribution in [3.8, 4) is 17.2 Å². The summed E-state index contributed by atoms with van der Waals surface area (Å²) in [5.74, 6) is 1.78. The molecule has 0 bridgehead atoms. The number of methoxy groups -OCH3 is 1. The van der Waals surface area contributed by atoms with Gasteiger partial charge >= 0.3 is 6.03 Å². The van der Waals surface area contributed by atoms with Crippen molar-refractivity contribution in [1.29, 1.82) is 0 Å². The minimum Gasteiger partial charge on any atom is -0.497 e. The third kappa shape index (κ3) is 4.05. The normalized spacial score (nSPS) is 10.0. The molecular weight excluding hydrogens is 304 g/mol. The van der Waals surface area contributed by atoms with Gasteiger partial charge in [-0.3, -0.25) is 0 Å². The molecule has 0 radical (unpaired) electrons. The molecule has 0 aliphatic carbocycles. The number of nitrogens with zero attached hydrogens (tertiary/aromatic N) is 1. The molecule has 2 amide bonds. The SMILES string of the molecule is COc1ccc(Cl)c(Oc2ccc(NC(=O)N(C)C)cc2)c1. The second kappa shape index (κ2) is 7.04. The van der Waals surface area contributed by atoms with Crippen LogP contribution in [0.3, 0.4) is 0 Å². The van der Waals surface area contributed by atoms with E-state index in [9.17, 15) is 4.79 Å². The van der Waals surface area contributed by atoms with Gasteiger partial charge in [0.25, 0.3) is 0 Å². The van der Waals surface area contributed by atoms with Crippen molar-refractivity contribution in [2.45, 2.75) is 0 Å². The summed E-state index contributed by atoms with van der Waals surface area (Å²) in [7, 11) is 4.93. The molecule has 0 unspecified atom stereocenters. The molecule has 0 saturated carbocycles. The first kappa shape index (κ1) is 16.0. The van der Waals surface area contributed by atoms with Gasteiger partial charge in [0.05, 0.1) is 12.1 Å². The van der Waals surface area contributed by atoms with Crippen LogP contribution < -0.4 is 14.8 Å². The minimum atomic E-state index is -0.190. The van der Waals surface area contributed by atoms with Crippen molar-refractivity contribution in [2.75, 3.05) is 26.5 Å². The van der Waals surface area contributed by atoms with E-state index in [1.165, 1.54) is 4.90 Å². The number of ether oxygens (including phenoxy) is 2. The van der Waals surface area contributed by atoms with Crippen molar-refractivity contribution >= 4 is 23.3 Å². The van der Waals surface area contributed by atoms with Crippen LogP contribution in [0, 0.1) is 0 Å². The van der Waals surface area contributed by atoms with E-state index in [4.69, 9.17) is 21.1 Å². The van der Waals surface area contributed by atoms with Crippen molar-refractivity contribution in [3.05, 3.63) is 47.5 Å². The number of hydrogen-bond donors (Lipinski definition) is 1. The Morgan fingerprint density at radius 3 is 2.32 bits per heavy atom. The maximum atomic E-state index is 11.6. The average Bonchev–Trinajstić information content (AvgIpc) is 2.51. The number of halogens is 1. The van der Waals surface area contributed by atoms with Crippen LogP contribution in [0.15, 0.2) is 42.5 Å². The van der Waals surface area contributed by atoms with Gasteiger partial charge in [-0.2, -0.15) is 0 Å². The Morgan fingerprint density at radius 2 is 1.73 bits per heavy atom. The zero-order chi connectivity index (χ0) is 16.1. The summed E-state index contributed by atoms with van der Waals surface area (Å²) in [6.45, 7) is 0. The van der Waals surface area contributed by atoms with Crippen LogP contribution in [0.5, 0.6) is 17.2 Å². The number of nitrogens with one attached hydrogen (secondary N) is 1. The molecule has 0 fully saturated rings. The van der Waals surface area contributed by atoms with Gasteiger partial charge in [0, 0.05) is 25.8 Å². The third-order valence-corrected chi connectivity index (χ3v) is 3.19. The molecule has 6 heteroatoms. The first-order chi connectivity index (χ1) is 10.5. The lowest BCUT2D eigenvalue weighted by molar-refractivity contribution is 0.230. The molecule has 0 saturated heterocycles. The lowest BCUT2D eigenvalue weighted by atomic mass is 10.3. The number of amides is 2. The van der Waals surface area contributed by atoms with E-state index in [1.807, 2.05) is 0 Å². The largest absolute Gasteiger partial charge is 0.497 e. The summed E-state index contributed by atoms with van der Waals surface area (Å²) in [6.07, 6.45) is 0. The van der Waals surface area contributed by atoms with Crippen LogP contribution in [0.25, 0.3) is 0 Å². The summed E-state index contributed by atoms with van der Waals surface area (Å²) in [5.41, 5.74) is 0.683. The van der Waals surface area contributed by atoms with E-state index in [1.54, 1.807) is 63.7 Å². The van der Waals surface area contributed by atoms with Crippen LogP contribution in [0.4, 0.5) is 10.5 Å². The van der Waals surface area contributed by atoms with Gasteiger partial charge in [-0.05, 0) is 36.4 Å². The molecule has 5 nitrogen and oxygen atoms in total. The first-order valence-corrected chi connectivity index (χ1v) is 6.97. The summed E-state index contributed by atoms with van der Waals surface area (Å²) >= 11 is 6.09. The molecule has 2 aromatic carbocycles. The fourth-order valence-corrected chi connectivity index (χ4v) is 1.81. The van der Waals surface area contributed by atoms with E-state index >= 15 is 0 Å². The number of carbonyl (C=O) groups excluding carboxylic acids is 1. The standard InChI is InChI=1S/C16H17ClN2O3/c1-19(2)16(20)18-11-4-6-12(7-5-11)22-15-10-13(21-3)8-9-14(15)17/h4-10H,1-3H3,(H,18,20). The fraction of sp³-hybridized carbons (Fsp3) is 0.188. The second-order valence-corrected chi connectivity index (χ2v) is 5.15. The molecule has 0 aliphatic heterocycles. The van der Waals surface area contributed by atoms with Crippen molar-refractivity contribution in [1.82, 2.24) is 4.90 Å². The quantitative estimate of drug-likeness (QED) is 0.917. The van der Waals surface area contributed by atoms with E-state index < -0.39 is 0 Å². The van der Waals surface area contributed by atoms with E-state index in [2.05, 4.69) is 5.32 Å². The number of rotatable bonds is 4. The van der Waals surface area contributed by atoms with Crippen molar-refractivity contribution in [2.24, 2.45) is 0 Å².